The lowest BCUT2D eigenvalue weighted by Gasteiger charge is -2.45. The number of aliphatic hydroxyl groups is 1. The van der Waals surface area contributed by atoms with Crippen LogP contribution in [0.5, 0.6) is 0 Å². The molecule has 1 aliphatic heterocycles. The third-order valence-electron chi connectivity index (χ3n) is 3.89. The van der Waals surface area contributed by atoms with Crippen molar-refractivity contribution in [2.24, 2.45) is 0 Å². The van der Waals surface area contributed by atoms with E-state index in [0.29, 0.717) is 0 Å². The highest BCUT2D eigenvalue weighted by Gasteiger charge is 2.43. The number of rotatable bonds is 2. The van der Waals surface area contributed by atoms with E-state index >= 15 is 0 Å². The predicted octanol–water partition coefficient (Wildman–Crippen LogP) is 1.01. The normalized spacial score (nSPS) is 30.4. The Labute approximate surface area is 86.0 Å². The molecule has 1 N–H and O–H groups in total. The number of hydrogen-bond donors (Lipinski definition) is 1. The molecule has 14 heavy (non-hydrogen) atoms. The molecule has 3 heteroatoms. The highest BCUT2D eigenvalue weighted by atomic mass is 16.5. The summed E-state index contributed by atoms with van der Waals surface area (Å²) >= 11 is 0. The van der Waals surface area contributed by atoms with Gasteiger partial charge in [-0.25, -0.2) is 0 Å². The van der Waals surface area contributed by atoms with E-state index in [4.69, 9.17) is 4.74 Å². The van der Waals surface area contributed by atoms with E-state index in [-0.39, 0.29) is 11.6 Å². The van der Waals surface area contributed by atoms with Crippen molar-refractivity contribution in [2.75, 3.05) is 26.3 Å². The molecule has 2 rings (SSSR count). The van der Waals surface area contributed by atoms with Crippen LogP contribution < -0.4 is 0 Å². The molecule has 2 fully saturated rings. The molecule has 82 valence electrons. The largest absolute Gasteiger partial charge is 0.391 e. The van der Waals surface area contributed by atoms with Crippen LogP contribution >= 0.6 is 0 Å². The molecular formula is C11H21NO2. The summed E-state index contributed by atoms with van der Waals surface area (Å²) in [6, 6.07) is 0. The third-order valence-corrected chi connectivity index (χ3v) is 3.89. The molecule has 0 radical (unpaired) electrons. The first-order valence-electron chi connectivity index (χ1n) is 5.76. The molecule has 2 aliphatic rings. The average molecular weight is 199 g/mol. The Kier molecular flexibility index (Phi) is 3.10. The first kappa shape index (κ1) is 10.4. The van der Waals surface area contributed by atoms with E-state index in [2.05, 4.69) is 4.90 Å². The van der Waals surface area contributed by atoms with Crippen LogP contribution in [-0.2, 0) is 4.74 Å². The quantitative estimate of drug-likeness (QED) is 0.720. The van der Waals surface area contributed by atoms with Gasteiger partial charge in [-0.1, -0.05) is 12.8 Å². The van der Waals surface area contributed by atoms with Crippen LogP contribution in [0.1, 0.15) is 32.6 Å². The number of ether oxygens (including phenoxy) is 1. The molecule has 1 atom stereocenters. The minimum atomic E-state index is -0.205. The molecule has 1 heterocycles. The molecule has 0 spiro atoms. The van der Waals surface area contributed by atoms with Crippen LogP contribution in [0, 0.1) is 0 Å². The summed E-state index contributed by atoms with van der Waals surface area (Å²) in [7, 11) is 0. The molecule has 0 aromatic rings. The Morgan fingerprint density at radius 3 is 2.29 bits per heavy atom. The maximum absolute atomic E-state index is 9.97. The van der Waals surface area contributed by atoms with Crippen molar-refractivity contribution in [3.63, 3.8) is 0 Å². The highest BCUT2D eigenvalue weighted by molar-refractivity contribution is 4.99. The van der Waals surface area contributed by atoms with Crippen molar-refractivity contribution >= 4 is 0 Å². The monoisotopic (exact) mass is 199 g/mol. The third kappa shape index (κ3) is 1.69. The van der Waals surface area contributed by atoms with Gasteiger partial charge in [-0.2, -0.15) is 0 Å². The van der Waals surface area contributed by atoms with E-state index in [1.54, 1.807) is 0 Å². The van der Waals surface area contributed by atoms with Crippen LogP contribution in [-0.4, -0.2) is 48.0 Å². The zero-order valence-corrected chi connectivity index (χ0v) is 9.04. The average Bonchev–Trinajstić information content (AvgIpc) is 2.69. The molecule has 0 aromatic carbocycles. The number of aliphatic hydroxyl groups excluding tert-OH is 1. The SMILES string of the molecule is CC(O)C1(N2CCOCC2)CCCC1. The Morgan fingerprint density at radius 1 is 1.21 bits per heavy atom. The van der Waals surface area contributed by atoms with Gasteiger partial charge in [-0.15, -0.1) is 0 Å². The minimum Gasteiger partial charge on any atom is -0.391 e. The lowest BCUT2D eigenvalue weighted by molar-refractivity contribution is -0.0699. The van der Waals surface area contributed by atoms with Crippen molar-refractivity contribution in [3.8, 4) is 0 Å². The Bertz CT molecular complexity index is 182. The molecule has 0 bridgehead atoms. The summed E-state index contributed by atoms with van der Waals surface area (Å²) in [4.78, 5) is 2.45. The Balaban J connectivity index is 2.08. The summed E-state index contributed by atoms with van der Waals surface area (Å²) in [6.07, 6.45) is 4.64. The molecule has 0 aromatic heterocycles. The van der Waals surface area contributed by atoms with Crippen molar-refractivity contribution in [2.45, 2.75) is 44.2 Å². The molecule has 3 nitrogen and oxygen atoms in total. The predicted molar refractivity (Wildman–Crippen MR) is 55.3 cm³/mol. The van der Waals surface area contributed by atoms with Gasteiger partial charge in [-0.05, 0) is 19.8 Å². The second-order valence-electron chi connectivity index (χ2n) is 4.59. The first-order chi connectivity index (χ1) is 6.76. The van der Waals surface area contributed by atoms with Gasteiger partial charge in [-0.3, -0.25) is 4.90 Å². The number of morpholine rings is 1. The first-order valence-corrected chi connectivity index (χ1v) is 5.76. The van der Waals surface area contributed by atoms with Crippen LogP contribution in [0.25, 0.3) is 0 Å². The summed E-state index contributed by atoms with van der Waals surface area (Å²) in [5.41, 5.74) is 0.0732. The van der Waals surface area contributed by atoms with Gasteiger partial charge in [0.05, 0.1) is 19.3 Å². The molecular weight excluding hydrogens is 178 g/mol. The van der Waals surface area contributed by atoms with Crippen molar-refractivity contribution in [3.05, 3.63) is 0 Å². The molecule has 1 aliphatic carbocycles. The van der Waals surface area contributed by atoms with Gasteiger partial charge in [0.1, 0.15) is 0 Å². The second kappa shape index (κ2) is 4.17. The van der Waals surface area contributed by atoms with Crippen molar-refractivity contribution < 1.29 is 9.84 Å². The Morgan fingerprint density at radius 2 is 1.79 bits per heavy atom. The van der Waals surface area contributed by atoms with E-state index < -0.39 is 0 Å². The van der Waals surface area contributed by atoms with Gasteiger partial charge in [0, 0.05) is 18.6 Å². The van der Waals surface area contributed by atoms with E-state index in [0.717, 1.165) is 39.1 Å². The fourth-order valence-corrected chi connectivity index (χ4v) is 2.99. The van der Waals surface area contributed by atoms with Crippen LogP contribution in [0.2, 0.25) is 0 Å². The number of hydrogen-bond acceptors (Lipinski definition) is 3. The van der Waals surface area contributed by atoms with Crippen molar-refractivity contribution in [1.29, 1.82) is 0 Å². The van der Waals surface area contributed by atoms with Gasteiger partial charge in [0.15, 0.2) is 0 Å². The summed E-state index contributed by atoms with van der Waals surface area (Å²) in [5.74, 6) is 0. The fourth-order valence-electron chi connectivity index (χ4n) is 2.99. The zero-order valence-electron chi connectivity index (χ0n) is 9.04. The van der Waals surface area contributed by atoms with Crippen molar-refractivity contribution in [1.82, 2.24) is 4.90 Å². The maximum atomic E-state index is 9.97. The lowest BCUT2D eigenvalue weighted by atomic mass is 9.89. The second-order valence-corrected chi connectivity index (χ2v) is 4.59. The molecule has 0 amide bonds. The smallest absolute Gasteiger partial charge is 0.0695 e. The fraction of sp³-hybridized carbons (Fsp3) is 1.00. The minimum absolute atomic E-state index is 0.0732. The van der Waals surface area contributed by atoms with Gasteiger partial charge < -0.3 is 9.84 Å². The summed E-state index contributed by atoms with van der Waals surface area (Å²) in [6.45, 7) is 5.58. The standard InChI is InChI=1S/C11H21NO2/c1-10(13)11(4-2-3-5-11)12-6-8-14-9-7-12/h10,13H,2-9H2,1H3. The van der Waals surface area contributed by atoms with E-state index in [1.165, 1.54) is 12.8 Å². The maximum Gasteiger partial charge on any atom is 0.0695 e. The summed E-state index contributed by atoms with van der Waals surface area (Å²) in [5, 5.41) is 9.97. The molecule has 1 saturated carbocycles. The van der Waals surface area contributed by atoms with Gasteiger partial charge in [0.25, 0.3) is 0 Å². The number of nitrogens with zero attached hydrogens (tertiary/aromatic N) is 1. The topological polar surface area (TPSA) is 32.7 Å². The van der Waals surface area contributed by atoms with Gasteiger partial charge in [0.2, 0.25) is 0 Å². The van der Waals surface area contributed by atoms with Crippen LogP contribution in [0.4, 0.5) is 0 Å². The van der Waals surface area contributed by atoms with E-state index in [9.17, 15) is 5.11 Å². The molecule has 1 unspecified atom stereocenters. The Hall–Kier alpha value is -0.120. The lowest BCUT2D eigenvalue weighted by Crippen LogP contribution is -2.57. The molecule has 1 saturated heterocycles. The van der Waals surface area contributed by atoms with E-state index in [1.807, 2.05) is 6.92 Å². The van der Waals surface area contributed by atoms with Crippen LogP contribution in [0.15, 0.2) is 0 Å². The zero-order chi connectivity index (χ0) is 10.0. The van der Waals surface area contributed by atoms with Crippen LogP contribution in [0.3, 0.4) is 0 Å². The van der Waals surface area contributed by atoms with Gasteiger partial charge >= 0.3 is 0 Å². The summed E-state index contributed by atoms with van der Waals surface area (Å²) < 4.78 is 5.36. The highest BCUT2D eigenvalue weighted by Crippen LogP contribution is 2.38.